The second-order valence-corrected chi connectivity index (χ2v) is 7.51. The number of alkyl halides is 3. The van der Waals surface area contributed by atoms with E-state index in [0.717, 1.165) is 17.7 Å². The Kier molecular flexibility index (Phi) is 8.44. The number of anilines is 2. The molecular formula is C25H23F3N4O3. The summed E-state index contributed by atoms with van der Waals surface area (Å²) < 4.78 is 38.6. The van der Waals surface area contributed by atoms with Crippen molar-refractivity contribution in [3.8, 4) is 0 Å². The Labute approximate surface area is 199 Å². The predicted octanol–water partition coefficient (Wildman–Crippen LogP) is 4.79. The van der Waals surface area contributed by atoms with Crippen molar-refractivity contribution in [3.63, 3.8) is 0 Å². The van der Waals surface area contributed by atoms with E-state index in [0.29, 0.717) is 12.2 Å². The first-order valence-corrected chi connectivity index (χ1v) is 10.6. The van der Waals surface area contributed by atoms with Gasteiger partial charge in [-0.15, -0.1) is 0 Å². The Hall–Kier alpha value is -4.34. The lowest BCUT2D eigenvalue weighted by Gasteiger charge is -2.11. The first-order chi connectivity index (χ1) is 16.7. The fourth-order valence-corrected chi connectivity index (χ4v) is 3.07. The summed E-state index contributed by atoms with van der Waals surface area (Å²) in [5.74, 6) is -1.01. The SMILES string of the molecule is O=C(CCNC(=O)NCc1ccccc1)Nc1cccc(C(=O)Nc2cccc(C(F)(F)F)c2)c1. The van der Waals surface area contributed by atoms with Crippen molar-refractivity contribution >= 4 is 29.2 Å². The van der Waals surface area contributed by atoms with Crippen LogP contribution in [0.3, 0.4) is 0 Å². The number of urea groups is 1. The quantitative estimate of drug-likeness (QED) is 0.370. The average molecular weight is 484 g/mol. The molecule has 0 atom stereocenters. The molecule has 0 bridgehead atoms. The van der Waals surface area contributed by atoms with Gasteiger partial charge in [0.2, 0.25) is 5.91 Å². The molecule has 4 amide bonds. The number of hydrogen-bond donors (Lipinski definition) is 4. The average Bonchev–Trinajstić information content (AvgIpc) is 2.83. The van der Waals surface area contributed by atoms with Gasteiger partial charge in [-0.25, -0.2) is 4.79 Å². The molecule has 3 aromatic carbocycles. The highest BCUT2D eigenvalue weighted by molar-refractivity contribution is 6.05. The smallest absolute Gasteiger partial charge is 0.338 e. The van der Waals surface area contributed by atoms with Crippen molar-refractivity contribution < 1.29 is 27.6 Å². The highest BCUT2D eigenvalue weighted by Crippen LogP contribution is 2.30. The minimum absolute atomic E-state index is 0.000580. The first-order valence-electron chi connectivity index (χ1n) is 10.6. The zero-order valence-electron chi connectivity index (χ0n) is 18.5. The zero-order valence-corrected chi connectivity index (χ0v) is 18.5. The molecule has 0 unspecified atom stereocenters. The Morgan fingerprint density at radius 2 is 1.43 bits per heavy atom. The zero-order chi connectivity index (χ0) is 25.3. The fraction of sp³-hybridized carbons (Fsp3) is 0.160. The van der Waals surface area contributed by atoms with Crippen LogP contribution in [0.1, 0.15) is 27.9 Å². The van der Waals surface area contributed by atoms with Crippen LogP contribution >= 0.6 is 0 Å². The molecule has 0 saturated carbocycles. The normalized spacial score (nSPS) is 10.8. The third-order valence-electron chi connectivity index (χ3n) is 4.79. The van der Waals surface area contributed by atoms with E-state index in [-0.39, 0.29) is 30.1 Å². The van der Waals surface area contributed by atoms with Crippen molar-refractivity contribution in [2.75, 3.05) is 17.2 Å². The summed E-state index contributed by atoms with van der Waals surface area (Å²) in [6.07, 6.45) is -4.53. The molecule has 182 valence electrons. The van der Waals surface area contributed by atoms with E-state index in [1.807, 2.05) is 30.3 Å². The fourth-order valence-electron chi connectivity index (χ4n) is 3.07. The standard InChI is InChI=1S/C25H23F3N4O3/c26-25(27,28)19-9-5-11-21(15-19)32-23(34)18-8-4-10-20(14-18)31-22(33)12-13-29-24(35)30-16-17-6-2-1-3-7-17/h1-11,14-15H,12-13,16H2,(H,31,33)(H,32,34)(H2,29,30,35). The van der Waals surface area contributed by atoms with Gasteiger partial charge in [0.1, 0.15) is 0 Å². The maximum atomic E-state index is 12.9. The Morgan fingerprint density at radius 3 is 2.14 bits per heavy atom. The Bertz CT molecular complexity index is 1180. The molecule has 0 saturated heterocycles. The van der Waals surface area contributed by atoms with E-state index < -0.39 is 23.7 Å². The molecule has 10 heteroatoms. The molecule has 0 fully saturated rings. The van der Waals surface area contributed by atoms with E-state index >= 15 is 0 Å². The van der Waals surface area contributed by atoms with Crippen molar-refractivity contribution in [1.29, 1.82) is 0 Å². The van der Waals surface area contributed by atoms with Crippen LogP contribution in [0.25, 0.3) is 0 Å². The Balaban J connectivity index is 1.46. The van der Waals surface area contributed by atoms with Gasteiger partial charge in [0.05, 0.1) is 5.56 Å². The van der Waals surface area contributed by atoms with Gasteiger partial charge >= 0.3 is 12.2 Å². The van der Waals surface area contributed by atoms with Crippen LogP contribution in [0.15, 0.2) is 78.9 Å². The highest BCUT2D eigenvalue weighted by atomic mass is 19.4. The summed E-state index contributed by atoms with van der Waals surface area (Å²) in [7, 11) is 0. The third kappa shape index (κ3) is 8.18. The summed E-state index contributed by atoms with van der Waals surface area (Å²) in [6, 6.07) is 19.2. The van der Waals surface area contributed by atoms with Gasteiger partial charge in [-0.3, -0.25) is 9.59 Å². The van der Waals surface area contributed by atoms with Gasteiger partial charge in [0.15, 0.2) is 0 Å². The van der Waals surface area contributed by atoms with Crippen LogP contribution < -0.4 is 21.3 Å². The lowest BCUT2D eigenvalue weighted by molar-refractivity contribution is -0.137. The number of hydrogen-bond acceptors (Lipinski definition) is 3. The van der Waals surface area contributed by atoms with E-state index in [4.69, 9.17) is 0 Å². The third-order valence-corrected chi connectivity index (χ3v) is 4.79. The molecule has 3 aromatic rings. The number of nitrogens with one attached hydrogen (secondary N) is 4. The van der Waals surface area contributed by atoms with Crippen LogP contribution in [0.4, 0.5) is 29.3 Å². The monoisotopic (exact) mass is 484 g/mol. The summed E-state index contributed by atoms with van der Waals surface area (Å²) in [6.45, 7) is 0.455. The first kappa shape index (κ1) is 25.3. The van der Waals surface area contributed by atoms with Gasteiger partial charge in [-0.05, 0) is 42.0 Å². The van der Waals surface area contributed by atoms with Gasteiger partial charge in [-0.2, -0.15) is 13.2 Å². The van der Waals surface area contributed by atoms with Crippen LogP contribution in [0, 0.1) is 0 Å². The summed E-state index contributed by atoms with van der Waals surface area (Å²) >= 11 is 0. The second kappa shape index (κ2) is 11.7. The highest BCUT2D eigenvalue weighted by Gasteiger charge is 2.30. The molecule has 0 aliphatic carbocycles. The lowest BCUT2D eigenvalue weighted by Crippen LogP contribution is -2.36. The van der Waals surface area contributed by atoms with Crippen molar-refractivity contribution in [2.24, 2.45) is 0 Å². The summed E-state index contributed by atoms with van der Waals surface area (Å²) in [5, 5.41) is 10.3. The summed E-state index contributed by atoms with van der Waals surface area (Å²) in [4.78, 5) is 36.5. The molecular weight excluding hydrogens is 461 g/mol. The summed E-state index contributed by atoms with van der Waals surface area (Å²) in [5.41, 5.74) is 0.547. The van der Waals surface area contributed by atoms with Crippen LogP contribution in [0.5, 0.6) is 0 Å². The molecule has 0 aromatic heterocycles. The lowest BCUT2D eigenvalue weighted by atomic mass is 10.1. The van der Waals surface area contributed by atoms with Crippen LogP contribution in [0.2, 0.25) is 0 Å². The van der Waals surface area contributed by atoms with Gasteiger partial charge in [-0.1, -0.05) is 42.5 Å². The van der Waals surface area contributed by atoms with Gasteiger partial charge in [0.25, 0.3) is 5.91 Å². The van der Waals surface area contributed by atoms with Crippen molar-refractivity contribution in [2.45, 2.75) is 19.1 Å². The van der Waals surface area contributed by atoms with Gasteiger partial charge in [0, 0.05) is 36.4 Å². The van der Waals surface area contributed by atoms with Crippen LogP contribution in [-0.2, 0) is 17.5 Å². The minimum Gasteiger partial charge on any atom is -0.338 e. The molecule has 0 aliphatic heterocycles. The number of carbonyl (C=O) groups is 3. The molecule has 7 nitrogen and oxygen atoms in total. The molecule has 4 N–H and O–H groups in total. The van der Waals surface area contributed by atoms with E-state index in [9.17, 15) is 27.6 Å². The molecule has 0 radical (unpaired) electrons. The van der Waals surface area contributed by atoms with Crippen molar-refractivity contribution in [1.82, 2.24) is 10.6 Å². The number of carbonyl (C=O) groups excluding carboxylic acids is 3. The minimum atomic E-state index is -4.53. The van der Waals surface area contributed by atoms with Crippen molar-refractivity contribution in [3.05, 3.63) is 95.6 Å². The molecule has 3 rings (SSSR count). The largest absolute Gasteiger partial charge is 0.416 e. The molecule has 0 spiro atoms. The number of rotatable bonds is 8. The van der Waals surface area contributed by atoms with E-state index in [1.165, 1.54) is 30.3 Å². The maximum Gasteiger partial charge on any atom is 0.416 e. The second-order valence-electron chi connectivity index (χ2n) is 7.51. The number of amides is 4. The molecule has 0 heterocycles. The number of halogens is 3. The Morgan fingerprint density at radius 1 is 0.743 bits per heavy atom. The van der Waals surface area contributed by atoms with E-state index in [1.54, 1.807) is 6.07 Å². The molecule has 0 aliphatic rings. The topological polar surface area (TPSA) is 99.3 Å². The van der Waals surface area contributed by atoms with Gasteiger partial charge < -0.3 is 21.3 Å². The maximum absolute atomic E-state index is 12.9. The number of benzene rings is 3. The van der Waals surface area contributed by atoms with Crippen LogP contribution in [-0.4, -0.2) is 24.4 Å². The van der Waals surface area contributed by atoms with E-state index in [2.05, 4.69) is 21.3 Å². The predicted molar refractivity (Wildman–Crippen MR) is 126 cm³/mol. The molecule has 35 heavy (non-hydrogen) atoms.